The van der Waals surface area contributed by atoms with Crippen molar-refractivity contribution in [3.05, 3.63) is 28.2 Å². The van der Waals surface area contributed by atoms with Gasteiger partial charge in [0.15, 0.2) is 0 Å². The summed E-state index contributed by atoms with van der Waals surface area (Å²) in [4.78, 5) is 0.331. The predicted octanol–water partition coefficient (Wildman–Crippen LogP) is 2.46. The van der Waals surface area contributed by atoms with Crippen molar-refractivity contribution in [1.29, 1.82) is 0 Å². The van der Waals surface area contributed by atoms with E-state index < -0.39 is 10.0 Å². The van der Waals surface area contributed by atoms with Gasteiger partial charge >= 0.3 is 0 Å². The first-order valence-electron chi connectivity index (χ1n) is 6.45. The van der Waals surface area contributed by atoms with E-state index in [-0.39, 0.29) is 12.4 Å². The number of halogens is 2. The maximum atomic E-state index is 12.1. The van der Waals surface area contributed by atoms with E-state index >= 15 is 0 Å². The third-order valence-electron chi connectivity index (χ3n) is 3.45. The van der Waals surface area contributed by atoms with Crippen LogP contribution in [0, 0.1) is 12.8 Å². The number of nitrogens with one attached hydrogen (secondary N) is 2. The molecule has 1 aliphatic rings. The quantitative estimate of drug-likeness (QED) is 0.821. The van der Waals surface area contributed by atoms with Gasteiger partial charge in [-0.05, 0) is 62.5 Å². The van der Waals surface area contributed by atoms with Crippen LogP contribution >= 0.6 is 28.3 Å². The summed E-state index contributed by atoms with van der Waals surface area (Å²) in [5.41, 5.74) is 0.919. The molecule has 20 heavy (non-hydrogen) atoms. The lowest BCUT2D eigenvalue weighted by Crippen LogP contribution is -2.26. The van der Waals surface area contributed by atoms with E-state index in [4.69, 9.17) is 0 Å². The van der Waals surface area contributed by atoms with Crippen molar-refractivity contribution in [2.45, 2.75) is 24.7 Å². The molecule has 1 atom stereocenters. The zero-order valence-electron chi connectivity index (χ0n) is 11.4. The summed E-state index contributed by atoms with van der Waals surface area (Å²) in [5.74, 6) is 0.592. The SMILES string of the molecule is Cc1cc(S(=O)(=O)NCCC2CCNC2)ccc1Br.Cl. The number of hydrogen-bond donors (Lipinski definition) is 2. The van der Waals surface area contributed by atoms with Crippen molar-refractivity contribution in [3.8, 4) is 0 Å². The van der Waals surface area contributed by atoms with Gasteiger partial charge in [-0.3, -0.25) is 0 Å². The number of rotatable bonds is 5. The maximum Gasteiger partial charge on any atom is 0.240 e. The smallest absolute Gasteiger partial charge is 0.240 e. The van der Waals surface area contributed by atoms with Crippen molar-refractivity contribution in [1.82, 2.24) is 10.0 Å². The predicted molar refractivity (Wildman–Crippen MR) is 86.9 cm³/mol. The molecule has 1 aliphatic heterocycles. The Labute approximate surface area is 135 Å². The van der Waals surface area contributed by atoms with Crippen molar-refractivity contribution >= 4 is 38.4 Å². The van der Waals surface area contributed by atoms with Crippen LogP contribution in [0.2, 0.25) is 0 Å². The van der Waals surface area contributed by atoms with Gasteiger partial charge in [-0.25, -0.2) is 13.1 Å². The van der Waals surface area contributed by atoms with Gasteiger partial charge in [0.2, 0.25) is 10.0 Å². The molecule has 0 amide bonds. The fraction of sp³-hybridized carbons (Fsp3) is 0.538. The molecule has 0 aliphatic carbocycles. The number of hydrogen-bond acceptors (Lipinski definition) is 3. The highest BCUT2D eigenvalue weighted by Crippen LogP contribution is 2.20. The van der Waals surface area contributed by atoms with E-state index in [2.05, 4.69) is 26.0 Å². The van der Waals surface area contributed by atoms with E-state index in [9.17, 15) is 8.42 Å². The minimum atomic E-state index is -3.38. The molecule has 0 saturated carbocycles. The molecule has 7 heteroatoms. The Morgan fingerprint density at radius 3 is 2.80 bits per heavy atom. The van der Waals surface area contributed by atoms with Gasteiger partial charge in [0.05, 0.1) is 4.90 Å². The van der Waals surface area contributed by atoms with Gasteiger partial charge in [0.25, 0.3) is 0 Å². The van der Waals surface area contributed by atoms with E-state index in [0.29, 0.717) is 17.4 Å². The molecule has 1 aromatic rings. The summed E-state index contributed by atoms with van der Waals surface area (Å²) in [7, 11) is -3.38. The highest BCUT2D eigenvalue weighted by atomic mass is 79.9. The van der Waals surface area contributed by atoms with Gasteiger partial charge in [0, 0.05) is 11.0 Å². The molecule has 114 valence electrons. The first-order valence-corrected chi connectivity index (χ1v) is 8.73. The molecule has 1 saturated heterocycles. The van der Waals surface area contributed by atoms with Crippen LogP contribution in [0.3, 0.4) is 0 Å². The van der Waals surface area contributed by atoms with Crippen LogP contribution < -0.4 is 10.0 Å². The standard InChI is InChI=1S/C13H19BrN2O2S.ClH/c1-10-8-12(2-3-13(10)14)19(17,18)16-7-5-11-4-6-15-9-11;/h2-3,8,11,15-16H,4-7,9H2,1H3;1H. The Bertz CT molecular complexity index is 545. The summed E-state index contributed by atoms with van der Waals surface area (Å²) in [6.07, 6.45) is 2.03. The van der Waals surface area contributed by atoms with E-state index in [1.807, 2.05) is 6.92 Å². The Morgan fingerprint density at radius 1 is 1.45 bits per heavy atom. The number of benzene rings is 1. The van der Waals surface area contributed by atoms with Gasteiger partial charge in [-0.1, -0.05) is 15.9 Å². The van der Waals surface area contributed by atoms with Crippen LogP contribution in [-0.4, -0.2) is 28.1 Å². The van der Waals surface area contributed by atoms with Gasteiger partial charge < -0.3 is 5.32 Å². The third-order valence-corrected chi connectivity index (χ3v) is 5.80. The fourth-order valence-electron chi connectivity index (χ4n) is 2.23. The largest absolute Gasteiger partial charge is 0.316 e. The number of sulfonamides is 1. The van der Waals surface area contributed by atoms with Crippen molar-refractivity contribution < 1.29 is 8.42 Å². The zero-order chi connectivity index (χ0) is 13.9. The lowest BCUT2D eigenvalue weighted by atomic mass is 10.1. The average molecular weight is 384 g/mol. The molecule has 0 bridgehead atoms. The first kappa shape index (κ1) is 17.9. The normalized spacial score (nSPS) is 18.8. The van der Waals surface area contributed by atoms with Crippen molar-refractivity contribution in [2.24, 2.45) is 5.92 Å². The minimum Gasteiger partial charge on any atom is -0.316 e. The monoisotopic (exact) mass is 382 g/mol. The molecule has 1 heterocycles. The summed E-state index contributed by atoms with van der Waals surface area (Å²) in [5, 5.41) is 3.28. The molecule has 1 aromatic carbocycles. The first-order chi connectivity index (χ1) is 8.99. The Balaban J connectivity index is 0.00000200. The van der Waals surface area contributed by atoms with Crippen molar-refractivity contribution in [3.63, 3.8) is 0 Å². The van der Waals surface area contributed by atoms with Crippen LogP contribution in [-0.2, 0) is 10.0 Å². The van der Waals surface area contributed by atoms with Gasteiger partial charge in [-0.15, -0.1) is 12.4 Å². The van der Waals surface area contributed by atoms with Crippen LogP contribution in [0.1, 0.15) is 18.4 Å². The second-order valence-corrected chi connectivity index (χ2v) is 7.58. The van der Waals surface area contributed by atoms with Crippen LogP contribution in [0.25, 0.3) is 0 Å². The fourth-order valence-corrected chi connectivity index (χ4v) is 3.60. The molecule has 2 rings (SSSR count). The topological polar surface area (TPSA) is 58.2 Å². The third kappa shape index (κ3) is 4.70. The maximum absolute atomic E-state index is 12.1. The number of aryl methyl sites for hydroxylation is 1. The van der Waals surface area contributed by atoms with E-state index in [1.54, 1.807) is 18.2 Å². The molecule has 2 N–H and O–H groups in total. The zero-order valence-corrected chi connectivity index (χ0v) is 14.6. The highest BCUT2D eigenvalue weighted by molar-refractivity contribution is 9.10. The highest BCUT2D eigenvalue weighted by Gasteiger charge is 2.17. The molecule has 0 aromatic heterocycles. The van der Waals surface area contributed by atoms with E-state index in [0.717, 1.165) is 36.0 Å². The molecule has 1 unspecified atom stereocenters. The lowest BCUT2D eigenvalue weighted by molar-refractivity contribution is 0.519. The Kier molecular flexibility index (Phi) is 6.94. The minimum absolute atomic E-state index is 0. The summed E-state index contributed by atoms with van der Waals surface area (Å²) >= 11 is 3.37. The second kappa shape index (κ2) is 7.75. The average Bonchev–Trinajstić information content (AvgIpc) is 2.85. The molecule has 1 fully saturated rings. The van der Waals surface area contributed by atoms with Gasteiger partial charge in [-0.2, -0.15) is 0 Å². The Hall–Kier alpha value is -0.140. The lowest BCUT2D eigenvalue weighted by Gasteiger charge is -2.10. The van der Waals surface area contributed by atoms with Crippen molar-refractivity contribution in [2.75, 3.05) is 19.6 Å². The van der Waals surface area contributed by atoms with Crippen LogP contribution in [0.15, 0.2) is 27.6 Å². The van der Waals surface area contributed by atoms with E-state index in [1.165, 1.54) is 0 Å². The molecule has 0 radical (unpaired) electrons. The molecular formula is C13H20BrClN2O2S. The Morgan fingerprint density at radius 2 is 2.20 bits per heavy atom. The summed E-state index contributed by atoms with van der Waals surface area (Å²) < 4.78 is 27.9. The molecule has 0 spiro atoms. The summed E-state index contributed by atoms with van der Waals surface area (Å²) in [6.45, 7) is 4.43. The molecular weight excluding hydrogens is 364 g/mol. The second-order valence-electron chi connectivity index (χ2n) is 4.96. The van der Waals surface area contributed by atoms with Crippen LogP contribution in [0.5, 0.6) is 0 Å². The summed E-state index contributed by atoms with van der Waals surface area (Å²) in [6, 6.07) is 5.07. The van der Waals surface area contributed by atoms with Crippen LogP contribution in [0.4, 0.5) is 0 Å². The van der Waals surface area contributed by atoms with Gasteiger partial charge in [0.1, 0.15) is 0 Å². The molecule has 4 nitrogen and oxygen atoms in total.